The van der Waals surface area contributed by atoms with Gasteiger partial charge < -0.3 is 10.3 Å². The molecule has 1 aliphatic rings. The molecule has 128 valence electrons. The van der Waals surface area contributed by atoms with Crippen molar-refractivity contribution < 1.29 is 4.79 Å². The van der Waals surface area contributed by atoms with Crippen molar-refractivity contribution in [2.75, 3.05) is 0 Å². The SMILES string of the molecule is Cc1ccc2nc(-c3ccc(C(=O)NC4CCCCC4)cc3)[nH]c2c1. The Bertz CT molecular complexity index is 889. The fourth-order valence-electron chi connectivity index (χ4n) is 3.56. The number of aryl methyl sites for hydroxylation is 1. The molecule has 0 atom stereocenters. The second kappa shape index (κ2) is 6.71. The molecule has 4 nitrogen and oxygen atoms in total. The van der Waals surface area contributed by atoms with Crippen molar-refractivity contribution >= 4 is 16.9 Å². The van der Waals surface area contributed by atoms with Crippen LogP contribution >= 0.6 is 0 Å². The van der Waals surface area contributed by atoms with E-state index >= 15 is 0 Å². The summed E-state index contributed by atoms with van der Waals surface area (Å²) in [5.74, 6) is 0.860. The van der Waals surface area contributed by atoms with Crippen LogP contribution in [0.5, 0.6) is 0 Å². The van der Waals surface area contributed by atoms with Crippen molar-refractivity contribution in [3.05, 3.63) is 53.6 Å². The van der Waals surface area contributed by atoms with Gasteiger partial charge in [0.25, 0.3) is 5.91 Å². The highest BCUT2D eigenvalue weighted by Gasteiger charge is 2.16. The van der Waals surface area contributed by atoms with Gasteiger partial charge in [-0.1, -0.05) is 37.5 Å². The minimum Gasteiger partial charge on any atom is -0.349 e. The van der Waals surface area contributed by atoms with Gasteiger partial charge in [-0.2, -0.15) is 0 Å². The Labute approximate surface area is 147 Å². The second-order valence-corrected chi connectivity index (χ2v) is 6.99. The van der Waals surface area contributed by atoms with Crippen LogP contribution in [0.1, 0.15) is 48.0 Å². The van der Waals surface area contributed by atoms with Crippen LogP contribution in [0.3, 0.4) is 0 Å². The number of nitrogens with zero attached hydrogens (tertiary/aromatic N) is 1. The molecule has 2 aromatic carbocycles. The van der Waals surface area contributed by atoms with Crippen LogP contribution in [0, 0.1) is 6.92 Å². The number of hydrogen-bond acceptors (Lipinski definition) is 2. The first-order valence-electron chi connectivity index (χ1n) is 9.07. The van der Waals surface area contributed by atoms with E-state index in [0.717, 1.165) is 35.3 Å². The first-order valence-corrected chi connectivity index (χ1v) is 9.07. The molecule has 3 aromatic rings. The Balaban J connectivity index is 1.51. The first kappa shape index (κ1) is 15.9. The molecule has 1 saturated carbocycles. The maximum Gasteiger partial charge on any atom is 0.251 e. The molecule has 0 saturated heterocycles. The van der Waals surface area contributed by atoms with E-state index in [-0.39, 0.29) is 5.91 Å². The number of aromatic amines is 1. The van der Waals surface area contributed by atoms with E-state index in [0.29, 0.717) is 11.6 Å². The molecule has 4 heteroatoms. The molecule has 1 heterocycles. The lowest BCUT2D eigenvalue weighted by atomic mass is 9.95. The van der Waals surface area contributed by atoms with Crippen LogP contribution in [0.4, 0.5) is 0 Å². The van der Waals surface area contributed by atoms with Gasteiger partial charge in [0.2, 0.25) is 0 Å². The molecule has 1 aliphatic carbocycles. The highest BCUT2D eigenvalue weighted by molar-refractivity contribution is 5.94. The van der Waals surface area contributed by atoms with E-state index < -0.39 is 0 Å². The standard InChI is InChI=1S/C21H23N3O/c1-14-7-12-18-19(13-14)24-20(23-18)15-8-10-16(11-9-15)21(25)22-17-5-3-2-4-6-17/h7-13,17H,2-6H2,1H3,(H,22,25)(H,23,24). The van der Waals surface area contributed by atoms with Crippen molar-refractivity contribution in [1.82, 2.24) is 15.3 Å². The summed E-state index contributed by atoms with van der Waals surface area (Å²) in [5, 5.41) is 3.16. The molecule has 1 amide bonds. The second-order valence-electron chi connectivity index (χ2n) is 6.99. The van der Waals surface area contributed by atoms with Crippen LogP contribution in [0.2, 0.25) is 0 Å². The predicted molar refractivity (Wildman–Crippen MR) is 101 cm³/mol. The van der Waals surface area contributed by atoms with Gasteiger partial charge in [0.1, 0.15) is 5.82 Å². The van der Waals surface area contributed by atoms with Crippen molar-refractivity contribution in [2.24, 2.45) is 0 Å². The van der Waals surface area contributed by atoms with E-state index in [2.05, 4.69) is 34.3 Å². The number of hydrogen-bond donors (Lipinski definition) is 2. The maximum absolute atomic E-state index is 12.4. The number of carbonyl (C=O) groups is 1. The van der Waals surface area contributed by atoms with Crippen LogP contribution < -0.4 is 5.32 Å². The summed E-state index contributed by atoms with van der Waals surface area (Å²) in [6.07, 6.45) is 5.92. The molecule has 1 aromatic heterocycles. The number of nitrogens with one attached hydrogen (secondary N) is 2. The number of benzene rings is 2. The highest BCUT2D eigenvalue weighted by Crippen LogP contribution is 2.22. The molecule has 25 heavy (non-hydrogen) atoms. The third-order valence-corrected chi connectivity index (χ3v) is 5.00. The normalized spacial score (nSPS) is 15.4. The predicted octanol–water partition coefficient (Wildman–Crippen LogP) is 4.60. The molecule has 0 radical (unpaired) electrons. The zero-order valence-corrected chi connectivity index (χ0v) is 14.5. The van der Waals surface area contributed by atoms with E-state index in [1.165, 1.54) is 24.8 Å². The van der Waals surface area contributed by atoms with Gasteiger partial charge in [0.15, 0.2) is 0 Å². The minimum absolute atomic E-state index is 0.0266. The summed E-state index contributed by atoms with van der Waals surface area (Å²) in [5.41, 5.74) is 4.90. The Morgan fingerprint density at radius 2 is 1.84 bits per heavy atom. The molecule has 0 spiro atoms. The van der Waals surface area contributed by atoms with E-state index in [4.69, 9.17) is 0 Å². The number of carbonyl (C=O) groups excluding carboxylic acids is 1. The highest BCUT2D eigenvalue weighted by atomic mass is 16.1. The van der Waals surface area contributed by atoms with E-state index in [1.807, 2.05) is 30.3 Å². The van der Waals surface area contributed by atoms with Gasteiger partial charge in [-0.3, -0.25) is 4.79 Å². The van der Waals surface area contributed by atoms with Gasteiger partial charge in [-0.15, -0.1) is 0 Å². The van der Waals surface area contributed by atoms with Crippen molar-refractivity contribution in [3.8, 4) is 11.4 Å². The third-order valence-electron chi connectivity index (χ3n) is 5.00. The smallest absolute Gasteiger partial charge is 0.251 e. The van der Waals surface area contributed by atoms with E-state index in [1.54, 1.807) is 0 Å². The van der Waals surface area contributed by atoms with Crippen molar-refractivity contribution in [2.45, 2.75) is 45.1 Å². The minimum atomic E-state index is 0.0266. The monoisotopic (exact) mass is 333 g/mol. The van der Waals surface area contributed by atoms with Crippen molar-refractivity contribution in [1.29, 1.82) is 0 Å². The lowest BCUT2D eigenvalue weighted by Crippen LogP contribution is -2.36. The average molecular weight is 333 g/mol. The van der Waals surface area contributed by atoms with Gasteiger partial charge in [0, 0.05) is 17.2 Å². The number of rotatable bonds is 3. The number of imidazole rings is 1. The Hall–Kier alpha value is -2.62. The molecule has 2 N–H and O–H groups in total. The summed E-state index contributed by atoms with van der Waals surface area (Å²) in [4.78, 5) is 20.4. The lowest BCUT2D eigenvalue weighted by Gasteiger charge is -2.22. The average Bonchev–Trinajstić information content (AvgIpc) is 3.06. The summed E-state index contributed by atoms with van der Waals surface area (Å²) >= 11 is 0. The van der Waals surface area contributed by atoms with Crippen LogP contribution in [-0.4, -0.2) is 21.9 Å². The number of amides is 1. The number of H-pyrrole nitrogens is 1. The molecule has 0 aliphatic heterocycles. The summed E-state index contributed by atoms with van der Waals surface area (Å²) in [6, 6.07) is 14.2. The summed E-state index contributed by atoms with van der Waals surface area (Å²) in [7, 11) is 0. The largest absolute Gasteiger partial charge is 0.349 e. The Kier molecular flexibility index (Phi) is 4.26. The van der Waals surface area contributed by atoms with Crippen molar-refractivity contribution in [3.63, 3.8) is 0 Å². The first-order chi connectivity index (χ1) is 12.2. The fraction of sp³-hybridized carbons (Fsp3) is 0.333. The maximum atomic E-state index is 12.4. The number of fused-ring (bicyclic) bond motifs is 1. The topological polar surface area (TPSA) is 57.8 Å². The fourth-order valence-corrected chi connectivity index (χ4v) is 3.56. The third kappa shape index (κ3) is 3.43. The van der Waals surface area contributed by atoms with Gasteiger partial charge in [-0.25, -0.2) is 4.98 Å². The molecule has 0 unspecified atom stereocenters. The Morgan fingerprint density at radius 3 is 2.60 bits per heavy atom. The van der Waals surface area contributed by atoms with Gasteiger partial charge >= 0.3 is 0 Å². The molecule has 4 rings (SSSR count). The quantitative estimate of drug-likeness (QED) is 0.736. The molecule has 1 fully saturated rings. The zero-order valence-electron chi connectivity index (χ0n) is 14.5. The van der Waals surface area contributed by atoms with Crippen LogP contribution in [0.15, 0.2) is 42.5 Å². The Morgan fingerprint density at radius 1 is 1.08 bits per heavy atom. The van der Waals surface area contributed by atoms with Crippen LogP contribution in [0.25, 0.3) is 22.4 Å². The van der Waals surface area contributed by atoms with Crippen LogP contribution in [-0.2, 0) is 0 Å². The summed E-state index contributed by atoms with van der Waals surface area (Å²) < 4.78 is 0. The molecular weight excluding hydrogens is 310 g/mol. The van der Waals surface area contributed by atoms with Gasteiger partial charge in [0.05, 0.1) is 11.0 Å². The van der Waals surface area contributed by atoms with E-state index in [9.17, 15) is 4.79 Å². The molecular formula is C21H23N3O. The van der Waals surface area contributed by atoms with Gasteiger partial charge in [-0.05, 0) is 49.6 Å². The summed E-state index contributed by atoms with van der Waals surface area (Å²) in [6.45, 7) is 2.07. The lowest BCUT2D eigenvalue weighted by molar-refractivity contribution is 0.0927. The number of aromatic nitrogens is 2. The zero-order chi connectivity index (χ0) is 17.2. The molecule has 0 bridgehead atoms.